The maximum Gasteiger partial charge on any atom is 0.472 e. The summed E-state index contributed by atoms with van der Waals surface area (Å²) < 4.78 is 68.7. The third-order valence-corrected chi connectivity index (χ3v) is 21.1. The van der Waals surface area contributed by atoms with E-state index in [1.54, 1.807) is 0 Å². The van der Waals surface area contributed by atoms with E-state index in [1.165, 1.54) is 244 Å². The molecule has 101 heavy (non-hydrogen) atoms. The van der Waals surface area contributed by atoms with E-state index in [2.05, 4.69) is 41.5 Å². The molecule has 19 heteroatoms. The van der Waals surface area contributed by atoms with Crippen LogP contribution in [0.15, 0.2) is 0 Å². The van der Waals surface area contributed by atoms with E-state index in [1.807, 2.05) is 0 Å². The molecule has 0 fully saturated rings. The molecule has 0 saturated heterocycles. The minimum atomic E-state index is -4.96. The SMILES string of the molecule is CCCCCCCCCCCCCCCCCCCCC(=O)OC[C@H](COP(=O)(O)OC[C@@H](O)COP(=O)(O)OC[C@@H](COC(=O)CCCCCCCCCC)OC(=O)CCCCCCCCCCCCCCCC(C)C)OC(=O)CCCCCCCCCCCCCCCCCCC(C)C. The second-order valence-corrected chi connectivity index (χ2v) is 33.4. The molecule has 600 valence electrons. The largest absolute Gasteiger partial charge is 0.472 e. The number of hydrogen-bond donors (Lipinski definition) is 3. The number of hydrogen-bond acceptors (Lipinski definition) is 15. The van der Waals surface area contributed by atoms with Gasteiger partial charge in [0, 0.05) is 25.7 Å². The Morgan fingerprint density at radius 2 is 0.455 bits per heavy atom. The van der Waals surface area contributed by atoms with Crippen LogP contribution in [0.1, 0.15) is 433 Å². The number of carbonyl (C=O) groups excluding carboxylic acids is 4. The number of rotatable bonds is 81. The lowest BCUT2D eigenvalue weighted by Crippen LogP contribution is -2.30. The summed E-state index contributed by atoms with van der Waals surface area (Å²) in [7, 11) is -9.92. The Hall–Kier alpha value is -1.94. The number of aliphatic hydroxyl groups excluding tert-OH is 1. The second-order valence-electron chi connectivity index (χ2n) is 30.5. The van der Waals surface area contributed by atoms with E-state index >= 15 is 0 Å². The molecule has 0 rings (SSSR count). The normalized spacial score (nSPS) is 13.9. The average molecular weight is 1480 g/mol. The van der Waals surface area contributed by atoms with Crippen LogP contribution in [0.25, 0.3) is 0 Å². The van der Waals surface area contributed by atoms with Crippen LogP contribution >= 0.6 is 15.6 Å². The number of phosphoric acid groups is 2. The van der Waals surface area contributed by atoms with Crippen molar-refractivity contribution in [3.8, 4) is 0 Å². The Bertz CT molecular complexity index is 1940. The van der Waals surface area contributed by atoms with Gasteiger partial charge >= 0.3 is 39.5 Å². The lowest BCUT2D eigenvalue weighted by atomic mass is 10.0. The maximum absolute atomic E-state index is 13.1. The summed E-state index contributed by atoms with van der Waals surface area (Å²) in [6.45, 7) is 9.66. The highest BCUT2D eigenvalue weighted by Gasteiger charge is 2.30. The third kappa shape index (κ3) is 76.1. The van der Waals surface area contributed by atoms with Crippen molar-refractivity contribution >= 4 is 39.5 Å². The number of unbranched alkanes of at least 4 members (excludes halogenated alkanes) is 51. The molecular formula is C82H160O17P2. The summed E-state index contributed by atoms with van der Waals surface area (Å²) in [5.41, 5.74) is 0. The quantitative estimate of drug-likeness (QED) is 0.0222. The summed E-state index contributed by atoms with van der Waals surface area (Å²) >= 11 is 0. The summed E-state index contributed by atoms with van der Waals surface area (Å²) in [6.07, 6.45) is 63.9. The fourth-order valence-corrected chi connectivity index (χ4v) is 14.3. The van der Waals surface area contributed by atoms with Gasteiger partial charge in [-0.05, 0) is 37.5 Å². The van der Waals surface area contributed by atoms with Crippen LogP contribution < -0.4 is 0 Å². The third-order valence-electron chi connectivity index (χ3n) is 19.2. The molecule has 5 atom stereocenters. The van der Waals surface area contributed by atoms with Gasteiger partial charge in [-0.25, -0.2) is 9.13 Å². The van der Waals surface area contributed by atoms with E-state index < -0.39 is 97.5 Å². The van der Waals surface area contributed by atoms with E-state index in [0.717, 1.165) is 108 Å². The number of aliphatic hydroxyl groups is 1. The summed E-state index contributed by atoms with van der Waals surface area (Å²) in [5, 5.41) is 10.6. The molecular weight excluding hydrogens is 1320 g/mol. The van der Waals surface area contributed by atoms with Crippen molar-refractivity contribution in [2.75, 3.05) is 39.6 Å². The van der Waals surface area contributed by atoms with E-state index in [0.29, 0.717) is 25.7 Å². The Morgan fingerprint density at radius 1 is 0.267 bits per heavy atom. The first-order valence-corrected chi connectivity index (χ1v) is 45.5. The maximum atomic E-state index is 13.1. The van der Waals surface area contributed by atoms with Gasteiger partial charge in [0.05, 0.1) is 26.4 Å². The van der Waals surface area contributed by atoms with Crippen molar-refractivity contribution in [1.82, 2.24) is 0 Å². The molecule has 0 aliphatic heterocycles. The Morgan fingerprint density at radius 3 is 0.673 bits per heavy atom. The van der Waals surface area contributed by atoms with E-state index in [9.17, 15) is 43.2 Å². The van der Waals surface area contributed by atoms with Gasteiger partial charge in [-0.3, -0.25) is 37.3 Å². The topological polar surface area (TPSA) is 237 Å². The highest BCUT2D eigenvalue weighted by Crippen LogP contribution is 2.45. The minimum absolute atomic E-state index is 0.107. The lowest BCUT2D eigenvalue weighted by molar-refractivity contribution is -0.161. The molecule has 0 radical (unpaired) electrons. The van der Waals surface area contributed by atoms with Crippen LogP contribution in [-0.2, 0) is 65.4 Å². The zero-order valence-corrected chi connectivity index (χ0v) is 68.0. The minimum Gasteiger partial charge on any atom is -0.462 e. The number of carbonyl (C=O) groups is 4. The van der Waals surface area contributed by atoms with E-state index in [-0.39, 0.29) is 25.7 Å². The molecule has 0 aliphatic carbocycles. The monoisotopic (exact) mass is 1480 g/mol. The fourth-order valence-electron chi connectivity index (χ4n) is 12.7. The van der Waals surface area contributed by atoms with Crippen molar-refractivity contribution in [3.63, 3.8) is 0 Å². The van der Waals surface area contributed by atoms with Crippen molar-refractivity contribution < 1.29 is 80.2 Å². The first-order valence-electron chi connectivity index (χ1n) is 42.5. The van der Waals surface area contributed by atoms with Gasteiger partial charge in [-0.2, -0.15) is 0 Å². The van der Waals surface area contributed by atoms with Gasteiger partial charge in [0.1, 0.15) is 19.3 Å². The van der Waals surface area contributed by atoms with Gasteiger partial charge in [0.25, 0.3) is 0 Å². The first-order chi connectivity index (χ1) is 48.9. The van der Waals surface area contributed by atoms with Gasteiger partial charge in [0.15, 0.2) is 12.2 Å². The molecule has 0 aromatic heterocycles. The summed E-state index contributed by atoms with van der Waals surface area (Å²) in [6, 6.07) is 0. The fraction of sp³-hybridized carbons (Fsp3) is 0.951. The standard InChI is InChI=1S/C82H160O17P2/c1-7-9-11-13-15-17-18-19-20-21-22-26-31-36-41-47-53-59-65-80(85)93-71-78(99-82(87)66-60-54-48-42-37-32-27-24-23-25-29-34-39-44-50-56-62-74(3)4)73-97-101(90,91)95-69-76(83)68-94-100(88,89)96-72-77(70-92-79(84)64-58-52-46-16-14-12-10-8-2)98-81(86)67-61-55-49-43-38-33-28-30-35-40-45-51-57-63-75(5)6/h74-78,83H,7-73H2,1-6H3,(H,88,89)(H,90,91)/t76-,77+,78+/m0/s1. The Kier molecular flexibility index (Phi) is 72.2. The molecule has 0 aromatic rings. The number of ether oxygens (including phenoxy) is 4. The number of phosphoric ester groups is 2. The van der Waals surface area contributed by atoms with Crippen molar-refractivity contribution in [1.29, 1.82) is 0 Å². The van der Waals surface area contributed by atoms with Gasteiger partial charge in [-0.1, -0.05) is 382 Å². The van der Waals surface area contributed by atoms with E-state index in [4.69, 9.17) is 37.0 Å². The average Bonchev–Trinajstić information content (AvgIpc) is 0.979. The molecule has 0 saturated carbocycles. The van der Waals surface area contributed by atoms with Crippen molar-refractivity contribution in [2.45, 2.75) is 452 Å². The van der Waals surface area contributed by atoms with Gasteiger partial charge in [-0.15, -0.1) is 0 Å². The second kappa shape index (κ2) is 73.6. The molecule has 0 bridgehead atoms. The Balaban J connectivity index is 5.20. The molecule has 0 amide bonds. The van der Waals surface area contributed by atoms with Gasteiger partial charge < -0.3 is 33.8 Å². The van der Waals surface area contributed by atoms with Crippen molar-refractivity contribution in [3.05, 3.63) is 0 Å². The summed E-state index contributed by atoms with van der Waals surface area (Å²) in [5.74, 6) is -0.513. The highest BCUT2D eigenvalue weighted by molar-refractivity contribution is 7.47. The molecule has 0 aromatic carbocycles. The van der Waals surface area contributed by atoms with Gasteiger partial charge in [0.2, 0.25) is 0 Å². The molecule has 3 N–H and O–H groups in total. The summed E-state index contributed by atoms with van der Waals surface area (Å²) in [4.78, 5) is 73.0. The zero-order chi connectivity index (χ0) is 74.2. The van der Waals surface area contributed by atoms with Crippen LogP contribution in [0.5, 0.6) is 0 Å². The number of esters is 4. The Labute approximate surface area is 619 Å². The molecule has 0 heterocycles. The molecule has 0 spiro atoms. The lowest BCUT2D eigenvalue weighted by Gasteiger charge is -2.21. The van der Waals surface area contributed by atoms with Crippen LogP contribution in [-0.4, -0.2) is 96.7 Å². The smallest absolute Gasteiger partial charge is 0.462 e. The first kappa shape index (κ1) is 99.1. The zero-order valence-electron chi connectivity index (χ0n) is 66.2. The highest BCUT2D eigenvalue weighted by atomic mass is 31.2. The molecule has 17 nitrogen and oxygen atoms in total. The van der Waals surface area contributed by atoms with Crippen LogP contribution in [0.2, 0.25) is 0 Å². The van der Waals surface area contributed by atoms with Crippen LogP contribution in [0.4, 0.5) is 0 Å². The van der Waals surface area contributed by atoms with Crippen LogP contribution in [0.3, 0.4) is 0 Å². The van der Waals surface area contributed by atoms with Crippen molar-refractivity contribution in [2.24, 2.45) is 11.8 Å². The predicted octanol–water partition coefficient (Wildman–Crippen LogP) is 24.7. The molecule has 0 aliphatic rings. The molecule has 2 unspecified atom stereocenters. The predicted molar refractivity (Wildman–Crippen MR) is 414 cm³/mol. The van der Waals surface area contributed by atoms with Crippen LogP contribution in [0, 0.1) is 11.8 Å².